The number of hydrogen-bond acceptors (Lipinski definition) is 3. The highest BCUT2D eigenvalue weighted by atomic mass is 35.5. The average Bonchev–Trinajstić information content (AvgIpc) is 2.42. The number of ether oxygens (including phenoxy) is 1. The number of carboxylic acids is 1. The quantitative estimate of drug-likeness (QED) is 0.842. The molecule has 0 unspecified atom stereocenters. The van der Waals surface area contributed by atoms with E-state index >= 15 is 0 Å². The highest BCUT2D eigenvalue weighted by Gasteiger charge is 2.11. The second kappa shape index (κ2) is 7.59. The first-order chi connectivity index (χ1) is 9.43. The second-order valence-electron chi connectivity index (χ2n) is 4.18. The van der Waals surface area contributed by atoms with E-state index in [1.54, 1.807) is 18.2 Å². The Kier molecular flexibility index (Phi) is 6.11. The summed E-state index contributed by atoms with van der Waals surface area (Å²) in [5.74, 6) is -0.352. The molecule has 0 bridgehead atoms. The normalized spacial score (nSPS) is 9.95. The predicted octanol–water partition coefficient (Wildman–Crippen LogP) is 1.96. The van der Waals surface area contributed by atoms with Gasteiger partial charge in [-0.05, 0) is 12.1 Å². The van der Waals surface area contributed by atoms with Crippen molar-refractivity contribution in [2.45, 2.75) is 13.0 Å². The Morgan fingerprint density at radius 1 is 1.45 bits per heavy atom. The van der Waals surface area contributed by atoms with Crippen LogP contribution in [0.15, 0.2) is 18.2 Å². The molecule has 0 fully saturated rings. The van der Waals surface area contributed by atoms with Crippen LogP contribution < -0.4 is 10.1 Å². The van der Waals surface area contributed by atoms with Gasteiger partial charge in [-0.15, -0.1) is 0 Å². The van der Waals surface area contributed by atoms with Gasteiger partial charge in [0.2, 0.25) is 0 Å². The van der Waals surface area contributed by atoms with Crippen LogP contribution in [0, 0.1) is 0 Å². The number of carboxylic acid groups (broad SMARTS) is 1. The summed E-state index contributed by atoms with van der Waals surface area (Å²) in [5.41, 5.74) is 0.789. The van der Waals surface area contributed by atoms with Crippen molar-refractivity contribution in [1.82, 2.24) is 10.2 Å². The maximum Gasteiger partial charge on any atom is 0.317 e. The third-order valence-corrected chi connectivity index (χ3v) is 2.92. The zero-order valence-corrected chi connectivity index (χ0v) is 12.1. The van der Waals surface area contributed by atoms with E-state index < -0.39 is 5.97 Å². The Morgan fingerprint density at radius 3 is 2.75 bits per heavy atom. The molecule has 20 heavy (non-hydrogen) atoms. The van der Waals surface area contributed by atoms with Crippen LogP contribution in [-0.2, 0) is 11.3 Å². The molecule has 0 saturated carbocycles. The zero-order chi connectivity index (χ0) is 15.1. The van der Waals surface area contributed by atoms with Crippen LogP contribution in [0.25, 0.3) is 0 Å². The Balaban J connectivity index is 2.54. The van der Waals surface area contributed by atoms with E-state index in [0.717, 1.165) is 5.56 Å². The number of halogens is 1. The van der Waals surface area contributed by atoms with Gasteiger partial charge in [0.25, 0.3) is 0 Å². The molecular formula is C13H17ClN2O4. The van der Waals surface area contributed by atoms with Gasteiger partial charge in [-0.2, -0.15) is 0 Å². The highest BCUT2D eigenvalue weighted by Crippen LogP contribution is 2.22. The molecule has 1 rings (SSSR count). The monoisotopic (exact) mass is 300 g/mol. The smallest absolute Gasteiger partial charge is 0.317 e. The lowest BCUT2D eigenvalue weighted by molar-refractivity contribution is -0.137. The number of benzene rings is 1. The van der Waals surface area contributed by atoms with E-state index in [1.807, 2.05) is 0 Å². The number of rotatable bonds is 6. The van der Waals surface area contributed by atoms with Crippen LogP contribution in [0.1, 0.15) is 12.0 Å². The molecule has 0 aliphatic rings. The van der Waals surface area contributed by atoms with Gasteiger partial charge in [0.15, 0.2) is 0 Å². The molecule has 0 atom stereocenters. The molecule has 0 spiro atoms. The van der Waals surface area contributed by atoms with Crippen molar-refractivity contribution in [2.24, 2.45) is 0 Å². The van der Waals surface area contributed by atoms with Crippen LogP contribution in [0.4, 0.5) is 4.79 Å². The number of amides is 2. The molecule has 110 valence electrons. The summed E-state index contributed by atoms with van der Waals surface area (Å²) in [5, 5.41) is 11.8. The number of nitrogens with zero attached hydrogens (tertiary/aromatic N) is 1. The lowest BCUT2D eigenvalue weighted by Gasteiger charge is -2.17. The largest absolute Gasteiger partial charge is 0.496 e. The lowest BCUT2D eigenvalue weighted by Crippen LogP contribution is -2.38. The zero-order valence-electron chi connectivity index (χ0n) is 11.4. The van der Waals surface area contributed by atoms with Crippen LogP contribution >= 0.6 is 11.6 Å². The van der Waals surface area contributed by atoms with Crippen molar-refractivity contribution in [3.05, 3.63) is 28.8 Å². The predicted molar refractivity (Wildman–Crippen MR) is 75.1 cm³/mol. The number of urea groups is 1. The standard InChI is InChI=1S/C13H17ClN2O4/c1-16(6-5-12(17)18)13(19)15-8-9-3-4-10(14)7-11(9)20-2/h3-4,7H,5-6,8H2,1-2H3,(H,15,19)(H,17,18). The molecule has 1 aromatic carbocycles. The van der Waals surface area contributed by atoms with Crippen molar-refractivity contribution < 1.29 is 19.4 Å². The third-order valence-electron chi connectivity index (χ3n) is 2.69. The SMILES string of the molecule is COc1cc(Cl)ccc1CNC(=O)N(C)CCC(=O)O. The molecule has 0 aliphatic carbocycles. The van der Waals surface area contributed by atoms with Gasteiger partial charge in [0.05, 0.1) is 13.5 Å². The van der Waals surface area contributed by atoms with Crippen LogP contribution in [-0.4, -0.2) is 42.7 Å². The summed E-state index contributed by atoms with van der Waals surface area (Å²) in [4.78, 5) is 23.5. The van der Waals surface area contributed by atoms with Crippen molar-refractivity contribution in [1.29, 1.82) is 0 Å². The van der Waals surface area contributed by atoms with Crippen LogP contribution in [0.3, 0.4) is 0 Å². The third kappa shape index (κ3) is 4.97. The first kappa shape index (κ1) is 16.1. The van der Waals surface area contributed by atoms with Gasteiger partial charge in [-0.3, -0.25) is 4.79 Å². The van der Waals surface area contributed by atoms with E-state index in [4.69, 9.17) is 21.4 Å². The van der Waals surface area contributed by atoms with Gasteiger partial charge < -0.3 is 20.1 Å². The fourth-order valence-electron chi connectivity index (χ4n) is 1.54. The Morgan fingerprint density at radius 2 is 2.15 bits per heavy atom. The summed E-state index contributed by atoms with van der Waals surface area (Å²) < 4.78 is 5.17. The Hall–Kier alpha value is -1.95. The van der Waals surface area contributed by atoms with E-state index in [0.29, 0.717) is 10.8 Å². The topological polar surface area (TPSA) is 78.9 Å². The van der Waals surface area contributed by atoms with Crippen LogP contribution in [0.2, 0.25) is 5.02 Å². The lowest BCUT2D eigenvalue weighted by atomic mass is 10.2. The Labute approximate surface area is 122 Å². The number of aliphatic carboxylic acids is 1. The molecule has 7 heteroatoms. The van der Waals surface area contributed by atoms with Gasteiger partial charge in [0.1, 0.15) is 5.75 Å². The first-order valence-corrected chi connectivity index (χ1v) is 6.35. The number of nitrogens with one attached hydrogen (secondary N) is 1. The molecular weight excluding hydrogens is 284 g/mol. The minimum atomic E-state index is -0.941. The van der Waals surface area contributed by atoms with Crippen molar-refractivity contribution in [3.63, 3.8) is 0 Å². The number of hydrogen-bond donors (Lipinski definition) is 2. The molecule has 2 N–H and O–H groups in total. The summed E-state index contributed by atoms with van der Waals surface area (Å²) >= 11 is 5.85. The van der Waals surface area contributed by atoms with Gasteiger partial charge in [-0.1, -0.05) is 17.7 Å². The number of carbonyl (C=O) groups excluding carboxylic acids is 1. The van der Waals surface area contributed by atoms with Crippen molar-refractivity contribution in [3.8, 4) is 5.75 Å². The minimum absolute atomic E-state index is 0.0891. The van der Waals surface area contributed by atoms with Gasteiger partial charge >= 0.3 is 12.0 Å². The summed E-state index contributed by atoms with van der Waals surface area (Å²) in [6.07, 6.45) is -0.0891. The van der Waals surface area contributed by atoms with Crippen molar-refractivity contribution >= 4 is 23.6 Å². The molecule has 0 aromatic heterocycles. The fraction of sp³-hybridized carbons (Fsp3) is 0.385. The van der Waals surface area contributed by atoms with Crippen LogP contribution in [0.5, 0.6) is 5.75 Å². The molecule has 0 radical (unpaired) electrons. The molecule has 0 saturated heterocycles. The average molecular weight is 301 g/mol. The van der Waals surface area contributed by atoms with Crippen molar-refractivity contribution in [2.75, 3.05) is 20.7 Å². The highest BCUT2D eigenvalue weighted by molar-refractivity contribution is 6.30. The maximum atomic E-state index is 11.8. The maximum absolute atomic E-state index is 11.8. The number of methoxy groups -OCH3 is 1. The summed E-state index contributed by atoms with van der Waals surface area (Å²) in [7, 11) is 3.06. The molecule has 1 aromatic rings. The van der Waals surface area contributed by atoms with E-state index in [2.05, 4.69) is 5.32 Å². The summed E-state index contributed by atoms with van der Waals surface area (Å²) in [6.45, 7) is 0.426. The molecule has 2 amide bonds. The van der Waals surface area contributed by atoms with Gasteiger partial charge in [0, 0.05) is 30.7 Å². The van der Waals surface area contributed by atoms with E-state index in [1.165, 1.54) is 19.1 Å². The van der Waals surface area contributed by atoms with E-state index in [9.17, 15) is 9.59 Å². The van der Waals surface area contributed by atoms with Gasteiger partial charge in [-0.25, -0.2) is 4.79 Å². The fourth-order valence-corrected chi connectivity index (χ4v) is 1.70. The molecule has 0 aliphatic heterocycles. The van der Waals surface area contributed by atoms with E-state index in [-0.39, 0.29) is 25.5 Å². The number of carbonyl (C=O) groups is 2. The first-order valence-electron chi connectivity index (χ1n) is 5.97. The minimum Gasteiger partial charge on any atom is -0.496 e. The summed E-state index contributed by atoms with van der Waals surface area (Å²) in [6, 6.07) is 4.79. The molecule has 6 nitrogen and oxygen atoms in total. The molecule has 0 heterocycles. The Bertz CT molecular complexity index is 493. The second-order valence-corrected chi connectivity index (χ2v) is 4.62.